The van der Waals surface area contributed by atoms with E-state index in [2.05, 4.69) is 0 Å². The lowest BCUT2D eigenvalue weighted by Crippen LogP contribution is -2.41. The highest BCUT2D eigenvalue weighted by Gasteiger charge is 2.20. The van der Waals surface area contributed by atoms with Crippen molar-refractivity contribution in [2.75, 3.05) is 24.7 Å². The van der Waals surface area contributed by atoms with Crippen LogP contribution in [0.3, 0.4) is 0 Å². The number of ether oxygens (including phenoxy) is 1. The zero-order valence-electron chi connectivity index (χ0n) is 11.5. The molecule has 4 heteroatoms. The molecule has 2 aromatic rings. The van der Waals surface area contributed by atoms with Gasteiger partial charge in [0, 0.05) is 23.4 Å². The van der Waals surface area contributed by atoms with Gasteiger partial charge in [0.25, 0.3) is 5.91 Å². The molecule has 1 fully saturated rings. The predicted molar refractivity (Wildman–Crippen MR) is 79.5 cm³/mol. The third-order valence-electron chi connectivity index (χ3n) is 3.46. The lowest BCUT2D eigenvalue weighted by atomic mass is 10.0. The Morgan fingerprint density at radius 1 is 0.952 bits per heavy atom. The van der Waals surface area contributed by atoms with Crippen LogP contribution in [0.25, 0.3) is 0 Å². The molecule has 0 aliphatic carbocycles. The summed E-state index contributed by atoms with van der Waals surface area (Å²) in [4.78, 5) is 25.7. The normalized spacial score (nSPS) is 15.0. The molecule has 0 unspecified atom stereocenters. The first-order valence-electron chi connectivity index (χ1n) is 6.83. The number of ketones is 1. The number of carbonyl (C=O) groups excluding carboxylic acids is 2. The molecule has 0 spiro atoms. The summed E-state index contributed by atoms with van der Waals surface area (Å²) < 4.78 is 5.11. The number of carbonyl (C=O) groups is 2. The molecule has 3 rings (SSSR count). The van der Waals surface area contributed by atoms with Crippen molar-refractivity contribution in [2.24, 2.45) is 0 Å². The lowest BCUT2D eigenvalue weighted by Gasteiger charge is -2.26. The highest BCUT2D eigenvalue weighted by atomic mass is 16.5. The number of nitrogens with zero attached hydrogens (tertiary/aromatic N) is 1. The average Bonchev–Trinajstić information content (AvgIpc) is 2.56. The lowest BCUT2D eigenvalue weighted by molar-refractivity contribution is -0.125. The first-order valence-corrected chi connectivity index (χ1v) is 6.83. The van der Waals surface area contributed by atoms with Gasteiger partial charge in [-0.2, -0.15) is 0 Å². The van der Waals surface area contributed by atoms with Crippen molar-refractivity contribution in [3.8, 4) is 0 Å². The molecule has 1 aliphatic heterocycles. The van der Waals surface area contributed by atoms with Crippen LogP contribution in [0.5, 0.6) is 0 Å². The molecule has 0 N–H and O–H groups in total. The van der Waals surface area contributed by atoms with E-state index in [1.807, 2.05) is 18.2 Å². The molecule has 106 valence electrons. The van der Waals surface area contributed by atoms with Gasteiger partial charge in [-0.05, 0) is 24.3 Å². The van der Waals surface area contributed by atoms with Gasteiger partial charge in [-0.1, -0.05) is 30.3 Å². The Morgan fingerprint density at radius 3 is 2.29 bits per heavy atom. The second-order valence-electron chi connectivity index (χ2n) is 4.84. The minimum absolute atomic E-state index is 0.0181. The zero-order chi connectivity index (χ0) is 14.7. The molecular weight excluding hydrogens is 266 g/mol. The third-order valence-corrected chi connectivity index (χ3v) is 3.46. The van der Waals surface area contributed by atoms with Crippen molar-refractivity contribution in [3.63, 3.8) is 0 Å². The van der Waals surface area contributed by atoms with E-state index in [-0.39, 0.29) is 18.3 Å². The van der Waals surface area contributed by atoms with Gasteiger partial charge in [-0.3, -0.25) is 9.59 Å². The van der Waals surface area contributed by atoms with E-state index in [9.17, 15) is 9.59 Å². The summed E-state index contributed by atoms with van der Waals surface area (Å²) >= 11 is 0. The largest absolute Gasteiger partial charge is 0.370 e. The summed E-state index contributed by atoms with van der Waals surface area (Å²) in [5.41, 5.74) is 2.08. The highest BCUT2D eigenvalue weighted by molar-refractivity contribution is 6.09. The van der Waals surface area contributed by atoms with Crippen LogP contribution in [-0.4, -0.2) is 31.4 Å². The average molecular weight is 281 g/mol. The Morgan fingerprint density at radius 2 is 1.62 bits per heavy atom. The topological polar surface area (TPSA) is 46.6 Å². The molecule has 1 heterocycles. The van der Waals surface area contributed by atoms with Crippen LogP contribution in [0.2, 0.25) is 0 Å². The Kier molecular flexibility index (Phi) is 3.79. The first kappa shape index (κ1) is 13.5. The second kappa shape index (κ2) is 5.89. The smallest absolute Gasteiger partial charge is 0.253 e. The number of benzene rings is 2. The highest BCUT2D eigenvalue weighted by Crippen LogP contribution is 2.19. The van der Waals surface area contributed by atoms with Crippen LogP contribution in [-0.2, 0) is 9.53 Å². The van der Waals surface area contributed by atoms with E-state index >= 15 is 0 Å². The van der Waals surface area contributed by atoms with Gasteiger partial charge in [-0.15, -0.1) is 0 Å². The van der Waals surface area contributed by atoms with Crippen LogP contribution in [0.15, 0.2) is 54.6 Å². The van der Waals surface area contributed by atoms with Crippen molar-refractivity contribution in [3.05, 3.63) is 65.7 Å². The number of morpholine rings is 1. The minimum Gasteiger partial charge on any atom is -0.370 e. The maximum atomic E-state index is 12.3. The van der Waals surface area contributed by atoms with Crippen LogP contribution >= 0.6 is 0 Å². The van der Waals surface area contributed by atoms with E-state index < -0.39 is 0 Å². The fourth-order valence-electron chi connectivity index (χ4n) is 2.34. The number of rotatable bonds is 3. The Balaban J connectivity index is 1.81. The molecule has 4 nitrogen and oxygen atoms in total. The van der Waals surface area contributed by atoms with Crippen molar-refractivity contribution >= 4 is 17.4 Å². The fraction of sp³-hybridized carbons (Fsp3) is 0.176. The molecule has 1 saturated heterocycles. The maximum Gasteiger partial charge on any atom is 0.253 e. The molecule has 0 saturated carbocycles. The summed E-state index contributed by atoms with van der Waals surface area (Å²) in [5.74, 6) is -0.0705. The monoisotopic (exact) mass is 281 g/mol. The second-order valence-corrected chi connectivity index (χ2v) is 4.84. The molecule has 0 aromatic heterocycles. The number of hydrogen-bond acceptors (Lipinski definition) is 3. The summed E-state index contributed by atoms with van der Waals surface area (Å²) in [7, 11) is 0. The first-order chi connectivity index (χ1) is 10.3. The van der Waals surface area contributed by atoms with Crippen LogP contribution < -0.4 is 4.90 Å². The third kappa shape index (κ3) is 2.85. The molecule has 2 aromatic carbocycles. The molecular formula is C17H15NO3. The summed E-state index contributed by atoms with van der Waals surface area (Å²) in [6.45, 7) is 1.20. The van der Waals surface area contributed by atoms with E-state index in [0.29, 0.717) is 24.3 Å². The van der Waals surface area contributed by atoms with Gasteiger partial charge in [0.2, 0.25) is 0 Å². The molecule has 0 atom stereocenters. The predicted octanol–water partition coefficient (Wildman–Crippen LogP) is 2.28. The maximum absolute atomic E-state index is 12.3. The molecule has 1 aliphatic rings. The molecule has 1 amide bonds. The van der Waals surface area contributed by atoms with Gasteiger partial charge in [0.15, 0.2) is 5.78 Å². The van der Waals surface area contributed by atoms with Gasteiger partial charge < -0.3 is 9.64 Å². The van der Waals surface area contributed by atoms with Crippen LogP contribution in [0, 0.1) is 0 Å². The summed E-state index contributed by atoms with van der Waals surface area (Å²) in [6, 6.07) is 16.3. The van der Waals surface area contributed by atoms with Crippen molar-refractivity contribution in [1.29, 1.82) is 0 Å². The van der Waals surface area contributed by atoms with Crippen LogP contribution in [0.4, 0.5) is 5.69 Å². The van der Waals surface area contributed by atoms with Gasteiger partial charge in [0.05, 0.1) is 6.61 Å². The molecule has 0 radical (unpaired) electrons. The van der Waals surface area contributed by atoms with Gasteiger partial charge in [0.1, 0.15) is 6.61 Å². The number of hydrogen-bond donors (Lipinski definition) is 0. The number of anilines is 1. The van der Waals surface area contributed by atoms with E-state index in [0.717, 1.165) is 5.69 Å². The van der Waals surface area contributed by atoms with E-state index in [1.54, 1.807) is 41.3 Å². The fourth-order valence-corrected chi connectivity index (χ4v) is 2.34. The van der Waals surface area contributed by atoms with E-state index in [1.165, 1.54) is 0 Å². The Labute approximate surface area is 123 Å². The Hall–Kier alpha value is -2.46. The molecule has 21 heavy (non-hydrogen) atoms. The SMILES string of the molecule is O=C(c1ccccc1)c1ccc(N2CCOCC2=O)cc1. The number of amides is 1. The quantitative estimate of drug-likeness (QED) is 0.811. The van der Waals surface area contributed by atoms with Crippen molar-refractivity contribution in [2.45, 2.75) is 0 Å². The Bertz CT molecular complexity index is 649. The van der Waals surface area contributed by atoms with Gasteiger partial charge >= 0.3 is 0 Å². The molecule has 0 bridgehead atoms. The van der Waals surface area contributed by atoms with E-state index in [4.69, 9.17) is 4.74 Å². The van der Waals surface area contributed by atoms with Crippen molar-refractivity contribution < 1.29 is 14.3 Å². The van der Waals surface area contributed by atoms with Crippen LogP contribution in [0.1, 0.15) is 15.9 Å². The van der Waals surface area contributed by atoms with Crippen molar-refractivity contribution in [1.82, 2.24) is 0 Å². The standard InChI is InChI=1S/C17H15NO3/c19-16-12-21-11-10-18(16)15-8-6-14(7-9-15)17(20)13-4-2-1-3-5-13/h1-9H,10-12H2. The summed E-state index contributed by atoms with van der Waals surface area (Å²) in [6.07, 6.45) is 0. The minimum atomic E-state index is -0.0524. The summed E-state index contributed by atoms with van der Waals surface area (Å²) in [5, 5.41) is 0. The van der Waals surface area contributed by atoms with Gasteiger partial charge in [-0.25, -0.2) is 0 Å². The zero-order valence-corrected chi connectivity index (χ0v) is 11.5.